The maximum absolute atomic E-state index is 10.3. The van der Waals surface area contributed by atoms with Gasteiger partial charge in [0, 0.05) is 6.07 Å². The summed E-state index contributed by atoms with van der Waals surface area (Å²) in [5.41, 5.74) is 0. The molecule has 0 aliphatic rings. The van der Waals surface area contributed by atoms with Gasteiger partial charge in [0.2, 0.25) is 5.03 Å². The molecule has 1 rings (SSSR count). The first-order chi connectivity index (χ1) is 4.11. The van der Waals surface area contributed by atoms with Gasteiger partial charge in [-0.25, -0.2) is 13.6 Å². The number of sulfonamides is 1. The van der Waals surface area contributed by atoms with Crippen LogP contribution >= 0.6 is 12.4 Å². The Bertz CT molecular complexity index is 279. The first-order valence-electron chi connectivity index (χ1n) is 2.04. The molecule has 0 atom stereocenters. The summed E-state index contributed by atoms with van der Waals surface area (Å²) in [5.74, 6) is 0. The highest BCUT2D eigenvalue weighted by Gasteiger charge is 2.09. The standard InChI is InChI=1S/C3H4N2O3S.ClH/c4-9(6,7)3-1-2-8-5-3;/h1-2H,(H2,4,6,7);1H. The summed E-state index contributed by atoms with van der Waals surface area (Å²) in [6.45, 7) is 0. The van der Waals surface area contributed by atoms with Crippen LogP contribution in [0.3, 0.4) is 0 Å². The molecule has 0 bridgehead atoms. The molecule has 1 aromatic heterocycles. The van der Waals surface area contributed by atoms with Crippen LogP contribution in [0.2, 0.25) is 0 Å². The molecule has 1 aromatic rings. The molecule has 0 fully saturated rings. The molecule has 2 N–H and O–H groups in total. The monoisotopic (exact) mass is 184 g/mol. The Morgan fingerprint density at radius 2 is 2.20 bits per heavy atom. The maximum Gasteiger partial charge on any atom is 0.259 e. The minimum atomic E-state index is -3.66. The van der Waals surface area contributed by atoms with E-state index in [1.165, 1.54) is 6.07 Å². The summed E-state index contributed by atoms with van der Waals surface area (Å²) < 4.78 is 24.9. The van der Waals surface area contributed by atoms with Gasteiger partial charge in [-0.15, -0.1) is 12.4 Å². The van der Waals surface area contributed by atoms with Crippen molar-refractivity contribution >= 4 is 22.4 Å². The third-order valence-electron chi connectivity index (χ3n) is 0.706. The second kappa shape index (κ2) is 3.00. The zero-order valence-electron chi connectivity index (χ0n) is 4.72. The van der Waals surface area contributed by atoms with Crippen LogP contribution in [0.1, 0.15) is 0 Å². The number of nitrogens with two attached hydrogens (primary N) is 1. The number of primary sulfonamides is 1. The van der Waals surface area contributed by atoms with Gasteiger partial charge in [0.1, 0.15) is 6.26 Å². The van der Waals surface area contributed by atoms with Gasteiger partial charge in [-0.3, -0.25) is 0 Å². The lowest BCUT2D eigenvalue weighted by atomic mass is 10.8. The lowest BCUT2D eigenvalue weighted by Gasteiger charge is -1.83. The molecule has 5 nitrogen and oxygen atoms in total. The fraction of sp³-hybridized carbons (Fsp3) is 0. The van der Waals surface area contributed by atoms with E-state index in [4.69, 9.17) is 0 Å². The molecule has 0 spiro atoms. The van der Waals surface area contributed by atoms with Crippen molar-refractivity contribution in [2.75, 3.05) is 0 Å². The number of aromatic nitrogens is 1. The Kier molecular flexibility index (Phi) is 2.82. The third kappa shape index (κ3) is 1.98. The topological polar surface area (TPSA) is 86.2 Å². The Balaban J connectivity index is 0.000000810. The molecule has 0 unspecified atom stereocenters. The van der Waals surface area contributed by atoms with E-state index in [0.29, 0.717) is 0 Å². The van der Waals surface area contributed by atoms with E-state index >= 15 is 0 Å². The first kappa shape index (κ1) is 9.41. The van der Waals surface area contributed by atoms with Crippen LogP contribution in [-0.4, -0.2) is 13.6 Å². The predicted molar refractivity (Wildman–Crippen MR) is 35.1 cm³/mol. The fourth-order valence-electron chi connectivity index (χ4n) is 0.348. The average molecular weight is 185 g/mol. The smallest absolute Gasteiger partial charge is 0.259 e. The molecule has 58 valence electrons. The zero-order valence-corrected chi connectivity index (χ0v) is 6.35. The van der Waals surface area contributed by atoms with Gasteiger partial charge in [0.25, 0.3) is 10.0 Å². The van der Waals surface area contributed by atoms with Crippen molar-refractivity contribution in [3.05, 3.63) is 12.3 Å². The third-order valence-corrected chi connectivity index (χ3v) is 1.50. The van der Waals surface area contributed by atoms with Crippen LogP contribution in [-0.2, 0) is 10.0 Å². The van der Waals surface area contributed by atoms with E-state index in [9.17, 15) is 8.42 Å². The van der Waals surface area contributed by atoms with Crippen LogP contribution in [0.5, 0.6) is 0 Å². The van der Waals surface area contributed by atoms with Crippen LogP contribution in [0.4, 0.5) is 0 Å². The highest BCUT2D eigenvalue weighted by Crippen LogP contribution is 1.99. The minimum absolute atomic E-state index is 0. The van der Waals surface area contributed by atoms with Crippen LogP contribution in [0.15, 0.2) is 21.9 Å². The molecule has 0 amide bonds. The van der Waals surface area contributed by atoms with E-state index in [0.717, 1.165) is 6.26 Å². The normalized spacial score (nSPS) is 10.5. The van der Waals surface area contributed by atoms with E-state index in [1.54, 1.807) is 0 Å². The lowest BCUT2D eigenvalue weighted by molar-refractivity contribution is 0.400. The summed E-state index contributed by atoms with van der Waals surface area (Å²) in [4.78, 5) is 0. The first-order valence-corrected chi connectivity index (χ1v) is 3.58. The summed E-state index contributed by atoms with van der Waals surface area (Å²) in [7, 11) is -3.66. The summed E-state index contributed by atoms with van der Waals surface area (Å²) in [5, 5.41) is 7.50. The fourth-order valence-corrected chi connectivity index (χ4v) is 0.740. The van der Waals surface area contributed by atoms with Crippen LogP contribution in [0, 0.1) is 0 Å². The summed E-state index contributed by atoms with van der Waals surface area (Å²) >= 11 is 0. The van der Waals surface area contributed by atoms with E-state index in [-0.39, 0.29) is 17.4 Å². The van der Waals surface area contributed by atoms with Crippen molar-refractivity contribution in [2.24, 2.45) is 5.14 Å². The Labute approximate surface area is 63.7 Å². The van der Waals surface area contributed by atoms with Crippen LogP contribution in [0.25, 0.3) is 0 Å². The molecule has 0 aromatic carbocycles. The molecule has 0 aliphatic carbocycles. The van der Waals surface area contributed by atoms with Crippen LogP contribution < -0.4 is 5.14 Å². The number of hydrogen-bond acceptors (Lipinski definition) is 4. The zero-order chi connectivity index (χ0) is 6.91. The molecule has 0 aliphatic heterocycles. The molecular weight excluding hydrogens is 180 g/mol. The highest BCUT2D eigenvalue weighted by molar-refractivity contribution is 7.89. The summed E-state index contributed by atoms with van der Waals surface area (Å²) in [6, 6.07) is 1.18. The second-order valence-corrected chi connectivity index (χ2v) is 2.89. The highest BCUT2D eigenvalue weighted by atomic mass is 35.5. The SMILES string of the molecule is Cl.NS(=O)(=O)c1ccon1. The Morgan fingerprint density at radius 1 is 1.60 bits per heavy atom. The lowest BCUT2D eigenvalue weighted by Crippen LogP contribution is -2.12. The van der Waals surface area contributed by atoms with E-state index in [2.05, 4.69) is 14.8 Å². The molecule has 0 saturated heterocycles. The van der Waals surface area contributed by atoms with Crippen molar-refractivity contribution in [3.8, 4) is 0 Å². The van der Waals surface area contributed by atoms with E-state index in [1.807, 2.05) is 0 Å². The molecule has 0 saturated carbocycles. The molecule has 0 radical (unpaired) electrons. The van der Waals surface area contributed by atoms with E-state index < -0.39 is 10.0 Å². The Morgan fingerprint density at radius 3 is 2.40 bits per heavy atom. The van der Waals surface area contributed by atoms with Gasteiger partial charge in [-0.05, 0) is 0 Å². The van der Waals surface area contributed by atoms with Gasteiger partial charge in [-0.1, -0.05) is 5.16 Å². The van der Waals surface area contributed by atoms with Crippen molar-refractivity contribution < 1.29 is 12.9 Å². The average Bonchev–Trinajstić information content (AvgIpc) is 2.08. The van der Waals surface area contributed by atoms with Crippen molar-refractivity contribution in [1.29, 1.82) is 0 Å². The number of rotatable bonds is 1. The van der Waals surface area contributed by atoms with Gasteiger partial charge < -0.3 is 4.52 Å². The van der Waals surface area contributed by atoms with Crippen molar-refractivity contribution in [2.45, 2.75) is 5.03 Å². The number of hydrogen-bond donors (Lipinski definition) is 1. The molecule has 1 heterocycles. The number of halogens is 1. The minimum Gasteiger partial charge on any atom is -0.363 e. The van der Waals surface area contributed by atoms with Crippen molar-refractivity contribution in [1.82, 2.24) is 5.16 Å². The molecular formula is C3H5ClN2O3S. The molecule has 10 heavy (non-hydrogen) atoms. The van der Waals surface area contributed by atoms with Gasteiger partial charge >= 0.3 is 0 Å². The van der Waals surface area contributed by atoms with Crippen molar-refractivity contribution in [3.63, 3.8) is 0 Å². The van der Waals surface area contributed by atoms with Gasteiger partial charge in [-0.2, -0.15) is 0 Å². The molecule has 7 heteroatoms. The van der Waals surface area contributed by atoms with Gasteiger partial charge in [0.05, 0.1) is 0 Å². The maximum atomic E-state index is 10.3. The summed E-state index contributed by atoms with van der Waals surface area (Å²) in [6.07, 6.45) is 1.14. The quantitative estimate of drug-likeness (QED) is 0.652. The Hall–Kier alpha value is -0.590. The largest absolute Gasteiger partial charge is 0.363 e. The van der Waals surface area contributed by atoms with Gasteiger partial charge in [0.15, 0.2) is 0 Å². The predicted octanol–water partition coefficient (Wildman–Crippen LogP) is -0.256. The number of nitrogens with zero attached hydrogens (tertiary/aromatic N) is 1. The second-order valence-electron chi connectivity index (χ2n) is 1.38.